The fraction of sp³-hybridized carbons (Fsp3) is 0.667. The van der Waals surface area contributed by atoms with Crippen molar-refractivity contribution in [1.29, 1.82) is 0 Å². The fourth-order valence-electron chi connectivity index (χ4n) is 4.65. The molecule has 4 nitrogen and oxygen atoms in total. The third-order valence-corrected chi connectivity index (χ3v) is 6.31. The second-order valence-corrected chi connectivity index (χ2v) is 8.08. The first-order valence-electron chi connectivity index (χ1n) is 9.42. The first-order valence-corrected chi connectivity index (χ1v) is 9.42. The summed E-state index contributed by atoms with van der Waals surface area (Å²) in [4.78, 5) is 12.3. The number of carbonyl (C=O) groups excluding carboxylic acids is 1. The van der Waals surface area contributed by atoms with Gasteiger partial charge >= 0.3 is 0 Å². The topological polar surface area (TPSA) is 66.8 Å². The van der Waals surface area contributed by atoms with Crippen LogP contribution in [0.2, 0.25) is 0 Å². The molecule has 0 unspecified atom stereocenters. The van der Waals surface area contributed by atoms with Gasteiger partial charge in [0.25, 0.3) is 0 Å². The van der Waals surface area contributed by atoms with Crippen molar-refractivity contribution in [3.63, 3.8) is 0 Å². The van der Waals surface area contributed by atoms with Gasteiger partial charge in [0.2, 0.25) is 0 Å². The van der Waals surface area contributed by atoms with Gasteiger partial charge in [-0.1, -0.05) is 23.3 Å². The van der Waals surface area contributed by atoms with Crippen molar-refractivity contribution < 1.29 is 19.7 Å². The number of fused-ring (bicyclic) bond motifs is 1. The van der Waals surface area contributed by atoms with Crippen molar-refractivity contribution >= 4 is 5.78 Å². The van der Waals surface area contributed by atoms with Crippen molar-refractivity contribution in [2.24, 2.45) is 11.8 Å². The summed E-state index contributed by atoms with van der Waals surface area (Å²) in [5, 5.41) is 19.3. The van der Waals surface area contributed by atoms with E-state index in [4.69, 9.17) is 9.84 Å². The maximum atomic E-state index is 12.3. The van der Waals surface area contributed by atoms with Crippen LogP contribution in [-0.2, 0) is 9.53 Å². The highest BCUT2D eigenvalue weighted by Crippen LogP contribution is 2.53. The van der Waals surface area contributed by atoms with E-state index in [2.05, 4.69) is 26.0 Å². The van der Waals surface area contributed by atoms with Crippen LogP contribution < -0.4 is 0 Å². The molecule has 0 aromatic heterocycles. The van der Waals surface area contributed by atoms with Crippen LogP contribution in [0.1, 0.15) is 59.3 Å². The van der Waals surface area contributed by atoms with Crippen molar-refractivity contribution in [3.8, 4) is 0 Å². The Morgan fingerprint density at radius 2 is 2.08 bits per heavy atom. The zero-order valence-corrected chi connectivity index (χ0v) is 15.5. The van der Waals surface area contributed by atoms with Crippen LogP contribution in [0.15, 0.2) is 34.6 Å². The number of ether oxygens (including phenoxy) is 1. The molecule has 3 rings (SSSR count). The molecule has 1 heterocycles. The van der Waals surface area contributed by atoms with Crippen molar-refractivity contribution in [2.45, 2.75) is 71.0 Å². The Morgan fingerprint density at radius 1 is 1.32 bits per heavy atom. The van der Waals surface area contributed by atoms with Crippen LogP contribution in [0.3, 0.4) is 0 Å². The Balaban J connectivity index is 1.80. The molecular formula is C21H30O4. The van der Waals surface area contributed by atoms with E-state index in [9.17, 15) is 9.90 Å². The molecule has 1 saturated carbocycles. The second kappa shape index (κ2) is 7.08. The Morgan fingerprint density at radius 3 is 2.80 bits per heavy atom. The van der Waals surface area contributed by atoms with Gasteiger partial charge in [-0.25, -0.2) is 0 Å². The normalized spacial score (nSPS) is 36.2. The molecule has 2 aliphatic carbocycles. The SMILES string of the molecule is C/C(=C/C/C=C(\C)CO)[C@H]1CC[C@@]2(C)OC3=C(C[C@H]12)C(=O)CC[C@H]3O. The standard InChI is InChI=1S/C21H30O4/c1-13(12-22)5-4-6-14(2)15-9-10-21(3)17(15)11-16-18(23)7-8-19(24)20(16)25-21/h5-6,15,17,19,22,24H,4,7-12H2,1-3H3/b13-5+,14-6-/t15-,17-,19-,21-/m1/s1. The molecule has 1 aliphatic heterocycles. The molecular weight excluding hydrogens is 316 g/mol. The minimum atomic E-state index is -0.618. The lowest BCUT2D eigenvalue weighted by molar-refractivity contribution is -0.122. The van der Waals surface area contributed by atoms with Gasteiger partial charge in [-0.15, -0.1) is 0 Å². The average molecular weight is 346 g/mol. The fourth-order valence-corrected chi connectivity index (χ4v) is 4.65. The Hall–Kier alpha value is -1.39. The molecule has 2 N–H and O–H groups in total. The van der Waals surface area contributed by atoms with Crippen LogP contribution in [-0.4, -0.2) is 34.3 Å². The van der Waals surface area contributed by atoms with Crippen molar-refractivity contribution in [2.75, 3.05) is 6.61 Å². The first-order chi connectivity index (χ1) is 11.9. The maximum absolute atomic E-state index is 12.3. The van der Waals surface area contributed by atoms with E-state index in [1.165, 1.54) is 5.57 Å². The molecule has 0 aromatic carbocycles. The summed E-state index contributed by atoms with van der Waals surface area (Å²) in [6.45, 7) is 6.33. The first kappa shape index (κ1) is 18.4. The zero-order valence-electron chi connectivity index (χ0n) is 15.5. The lowest BCUT2D eigenvalue weighted by atomic mass is 9.74. The summed E-state index contributed by atoms with van der Waals surface area (Å²) in [5.74, 6) is 1.41. The third kappa shape index (κ3) is 3.47. The largest absolute Gasteiger partial charge is 0.488 e. The highest BCUT2D eigenvalue weighted by molar-refractivity contribution is 5.97. The number of rotatable bonds is 4. The quantitative estimate of drug-likeness (QED) is 0.765. The molecule has 0 aromatic rings. The van der Waals surface area contributed by atoms with E-state index in [0.29, 0.717) is 30.4 Å². The molecule has 4 heteroatoms. The smallest absolute Gasteiger partial charge is 0.162 e. The van der Waals surface area contributed by atoms with E-state index in [-0.39, 0.29) is 18.0 Å². The van der Waals surface area contributed by atoms with E-state index in [1.54, 1.807) is 0 Å². The van der Waals surface area contributed by atoms with E-state index in [1.807, 2.05) is 6.92 Å². The van der Waals surface area contributed by atoms with E-state index >= 15 is 0 Å². The summed E-state index contributed by atoms with van der Waals surface area (Å²) in [7, 11) is 0. The second-order valence-electron chi connectivity index (χ2n) is 8.08. The summed E-state index contributed by atoms with van der Waals surface area (Å²) in [6.07, 6.45) is 8.14. The van der Waals surface area contributed by atoms with Crippen LogP contribution >= 0.6 is 0 Å². The van der Waals surface area contributed by atoms with Gasteiger partial charge in [0, 0.05) is 17.9 Å². The van der Waals surface area contributed by atoms with Gasteiger partial charge < -0.3 is 14.9 Å². The van der Waals surface area contributed by atoms with Gasteiger partial charge in [0.15, 0.2) is 5.78 Å². The van der Waals surface area contributed by atoms with Crippen molar-refractivity contribution in [3.05, 3.63) is 34.6 Å². The lowest BCUT2D eigenvalue weighted by Crippen LogP contribution is -2.44. The monoisotopic (exact) mass is 346 g/mol. The van der Waals surface area contributed by atoms with E-state index in [0.717, 1.165) is 36.8 Å². The van der Waals surface area contributed by atoms with Gasteiger partial charge in [0.1, 0.15) is 17.5 Å². The Kier molecular flexibility index (Phi) is 5.21. The van der Waals surface area contributed by atoms with Crippen LogP contribution in [0.4, 0.5) is 0 Å². The van der Waals surface area contributed by atoms with Gasteiger partial charge in [-0.2, -0.15) is 0 Å². The van der Waals surface area contributed by atoms with Crippen LogP contribution in [0, 0.1) is 11.8 Å². The highest BCUT2D eigenvalue weighted by atomic mass is 16.5. The lowest BCUT2D eigenvalue weighted by Gasteiger charge is -2.43. The van der Waals surface area contributed by atoms with Gasteiger partial charge in [-0.3, -0.25) is 4.79 Å². The number of carbonyl (C=O) groups is 1. The number of hydrogen-bond acceptors (Lipinski definition) is 4. The average Bonchev–Trinajstić information content (AvgIpc) is 2.93. The number of Topliss-reactive ketones (excluding diaryl/α,β-unsaturated/α-hetero) is 1. The molecule has 4 atom stereocenters. The summed E-state index contributed by atoms with van der Waals surface area (Å²) < 4.78 is 6.26. The van der Waals surface area contributed by atoms with Crippen LogP contribution in [0.25, 0.3) is 0 Å². The molecule has 0 radical (unpaired) electrons. The number of aliphatic hydroxyl groups excluding tert-OH is 2. The molecule has 0 saturated heterocycles. The number of ketones is 1. The maximum Gasteiger partial charge on any atom is 0.162 e. The highest BCUT2D eigenvalue weighted by Gasteiger charge is 2.52. The summed E-state index contributed by atoms with van der Waals surface area (Å²) in [5.41, 5.74) is 2.77. The minimum Gasteiger partial charge on any atom is -0.488 e. The Labute approximate surface area is 150 Å². The van der Waals surface area contributed by atoms with Crippen LogP contribution in [0.5, 0.6) is 0 Å². The summed E-state index contributed by atoms with van der Waals surface area (Å²) >= 11 is 0. The van der Waals surface area contributed by atoms with Gasteiger partial charge in [0.05, 0.1) is 6.61 Å². The molecule has 25 heavy (non-hydrogen) atoms. The third-order valence-electron chi connectivity index (χ3n) is 6.31. The predicted octanol–water partition coefficient (Wildman–Crippen LogP) is 3.44. The number of aliphatic hydroxyl groups is 2. The molecule has 138 valence electrons. The molecule has 0 amide bonds. The molecule has 1 fully saturated rings. The van der Waals surface area contributed by atoms with Crippen molar-refractivity contribution in [1.82, 2.24) is 0 Å². The zero-order chi connectivity index (χ0) is 18.2. The molecule has 0 spiro atoms. The summed E-state index contributed by atoms with van der Waals surface area (Å²) in [6, 6.07) is 0. The Bertz CT molecular complexity index is 642. The molecule has 3 aliphatic rings. The minimum absolute atomic E-state index is 0.103. The van der Waals surface area contributed by atoms with E-state index < -0.39 is 6.10 Å². The number of allylic oxidation sites excluding steroid dienone is 4. The number of hydrogen-bond donors (Lipinski definition) is 2. The van der Waals surface area contributed by atoms with Gasteiger partial charge in [-0.05, 0) is 58.8 Å². The predicted molar refractivity (Wildman–Crippen MR) is 96.8 cm³/mol. The molecule has 0 bridgehead atoms.